The number of hydrogen-bond acceptors (Lipinski definition) is 4. The fourth-order valence-electron chi connectivity index (χ4n) is 2.95. The molecule has 0 saturated carbocycles. The number of likely N-dealkylation sites (N-methyl/N-ethyl adjacent to an activating group) is 1. The lowest BCUT2D eigenvalue weighted by Gasteiger charge is -2.14. The molecule has 0 bridgehead atoms. The molecule has 3 rings (SSSR count). The van der Waals surface area contributed by atoms with E-state index in [0.717, 1.165) is 35.4 Å². The van der Waals surface area contributed by atoms with Gasteiger partial charge in [-0.15, -0.1) is 0 Å². The zero-order valence-corrected chi connectivity index (χ0v) is 16.4. The molecule has 2 heterocycles. The summed E-state index contributed by atoms with van der Waals surface area (Å²) in [6.45, 7) is 8.59. The largest absolute Gasteiger partial charge is 0.351 e. The molecule has 2 aromatic heterocycles. The molecular formula is C21H27N5O. The summed E-state index contributed by atoms with van der Waals surface area (Å²) in [5.41, 5.74) is 3.11. The maximum atomic E-state index is 12.9. The summed E-state index contributed by atoms with van der Waals surface area (Å²) in [5, 5.41) is 8.27. The Hall–Kier alpha value is -2.73. The first kappa shape index (κ1) is 19.0. The van der Waals surface area contributed by atoms with Gasteiger partial charge in [-0.25, -0.2) is 9.67 Å². The minimum atomic E-state index is -0.0904. The molecule has 6 heteroatoms. The van der Waals surface area contributed by atoms with Gasteiger partial charge in [0.2, 0.25) is 0 Å². The first-order valence-electron chi connectivity index (χ1n) is 9.41. The molecule has 0 aliphatic rings. The van der Waals surface area contributed by atoms with E-state index in [0.29, 0.717) is 12.1 Å². The van der Waals surface area contributed by atoms with Crippen molar-refractivity contribution in [1.82, 2.24) is 25.0 Å². The number of rotatable bonds is 7. The number of nitrogens with one attached hydrogen (secondary N) is 1. The van der Waals surface area contributed by atoms with Gasteiger partial charge in [-0.1, -0.05) is 37.3 Å². The van der Waals surface area contributed by atoms with Gasteiger partial charge >= 0.3 is 0 Å². The lowest BCUT2D eigenvalue weighted by Crippen LogP contribution is -2.33. The number of fused-ring (bicyclic) bond motifs is 1. The molecule has 1 N–H and O–H groups in total. The number of aromatic nitrogens is 3. The Morgan fingerprint density at radius 1 is 1.26 bits per heavy atom. The summed E-state index contributed by atoms with van der Waals surface area (Å²) < 4.78 is 1.86. The van der Waals surface area contributed by atoms with Gasteiger partial charge in [0.05, 0.1) is 22.8 Å². The lowest BCUT2D eigenvalue weighted by molar-refractivity contribution is 0.0951. The highest BCUT2D eigenvalue weighted by Crippen LogP contribution is 2.26. The van der Waals surface area contributed by atoms with Crippen LogP contribution in [0.1, 0.15) is 37.2 Å². The highest BCUT2D eigenvalue weighted by atomic mass is 16.1. The highest BCUT2D eigenvalue weighted by Gasteiger charge is 2.18. The van der Waals surface area contributed by atoms with Crippen molar-refractivity contribution in [2.45, 2.75) is 26.8 Å². The Morgan fingerprint density at radius 3 is 2.67 bits per heavy atom. The smallest absolute Gasteiger partial charge is 0.252 e. The van der Waals surface area contributed by atoms with Crippen LogP contribution in [0.2, 0.25) is 0 Å². The third kappa shape index (κ3) is 4.17. The van der Waals surface area contributed by atoms with Crippen LogP contribution in [0.4, 0.5) is 0 Å². The number of hydrogen-bond donors (Lipinski definition) is 1. The van der Waals surface area contributed by atoms with Crippen LogP contribution >= 0.6 is 0 Å². The molecule has 0 aliphatic carbocycles. The van der Waals surface area contributed by atoms with E-state index in [2.05, 4.69) is 36.1 Å². The fourth-order valence-corrected chi connectivity index (χ4v) is 2.95. The SMILES string of the molecule is CCN(C)CCNC(=O)c1cc(-c2ccccc2)nc2c1cnn2C(C)C. The van der Waals surface area contributed by atoms with Crippen molar-refractivity contribution >= 4 is 16.9 Å². The van der Waals surface area contributed by atoms with Crippen molar-refractivity contribution < 1.29 is 4.79 Å². The normalized spacial score (nSPS) is 11.5. The number of nitrogens with zero attached hydrogens (tertiary/aromatic N) is 4. The van der Waals surface area contributed by atoms with Crippen LogP contribution in [0.15, 0.2) is 42.6 Å². The summed E-state index contributed by atoms with van der Waals surface area (Å²) in [7, 11) is 2.04. The van der Waals surface area contributed by atoms with Gasteiger partial charge in [0, 0.05) is 24.7 Å². The molecule has 6 nitrogen and oxygen atoms in total. The maximum absolute atomic E-state index is 12.9. The van der Waals surface area contributed by atoms with E-state index in [-0.39, 0.29) is 11.9 Å². The van der Waals surface area contributed by atoms with E-state index in [4.69, 9.17) is 4.98 Å². The van der Waals surface area contributed by atoms with Gasteiger partial charge in [0.1, 0.15) is 0 Å². The second-order valence-electron chi connectivity index (χ2n) is 6.99. The number of pyridine rings is 1. The van der Waals surface area contributed by atoms with Crippen molar-refractivity contribution in [2.75, 3.05) is 26.7 Å². The van der Waals surface area contributed by atoms with E-state index in [9.17, 15) is 4.79 Å². The Labute approximate surface area is 160 Å². The van der Waals surface area contributed by atoms with E-state index in [1.165, 1.54) is 0 Å². The minimum Gasteiger partial charge on any atom is -0.351 e. The van der Waals surface area contributed by atoms with Crippen molar-refractivity contribution in [3.05, 3.63) is 48.2 Å². The molecule has 0 spiro atoms. The lowest BCUT2D eigenvalue weighted by atomic mass is 10.1. The van der Waals surface area contributed by atoms with Gasteiger partial charge in [-0.3, -0.25) is 4.79 Å². The molecule has 3 aromatic rings. The zero-order valence-electron chi connectivity index (χ0n) is 16.4. The summed E-state index contributed by atoms with van der Waals surface area (Å²) in [5.74, 6) is -0.0904. The summed E-state index contributed by atoms with van der Waals surface area (Å²) in [6, 6.07) is 11.9. The number of amides is 1. The quantitative estimate of drug-likeness (QED) is 0.697. The third-order valence-corrected chi connectivity index (χ3v) is 4.69. The summed E-state index contributed by atoms with van der Waals surface area (Å²) in [6.07, 6.45) is 1.74. The summed E-state index contributed by atoms with van der Waals surface area (Å²) >= 11 is 0. The van der Waals surface area contributed by atoms with Crippen LogP contribution in [-0.2, 0) is 0 Å². The van der Waals surface area contributed by atoms with Crippen LogP contribution in [0.5, 0.6) is 0 Å². The number of benzene rings is 1. The van der Waals surface area contributed by atoms with Crippen LogP contribution in [0, 0.1) is 0 Å². The first-order valence-corrected chi connectivity index (χ1v) is 9.41. The molecule has 1 aromatic carbocycles. The van der Waals surface area contributed by atoms with Crippen LogP contribution in [0.3, 0.4) is 0 Å². The van der Waals surface area contributed by atoms with Crippen LogP contribution in [-0.4, -0.2) is 52.3 Å². The van der Waals surface area contributed by atoms with E-state index < -0.39 is 0 Å². The molecule has 0 unspecified atom stereocenters. The first-order chi connectivity index (χ1) is 13.0. The summed E-state index contributed by atoms with van der Waals surface area (Å²) in [4.78, 5) is 19.9. The standard InChI is InChI=1S/C21H27N5O/c1-5-25(4)12-11-22-21(27)17-13-19(16-9-7-6-8-10-16)24-20-18(17)14-23-26(20)15(2)3/h6-10,13-15H,5,11-12H2,1-4H3,(H,22,27). The fraction of sp³-hybridized carbons (Fsp3) is 0.381. The van der Waals surface area contributed by atoms with Gasteiger partial charge in [-0.05, 0) is 33.5 Å². The Kier molecular flexibility index (Phi) is 5.86. The van der Waals surface area contributed by atoms with Crippen molar-refractivity contribution in [1.29, 1.82) is 0 Å². The average molecular weight is 365 g/mol. The topological polar surface area (TPSA) is 63.1 Å². The molecule has 1 amide bonds. The van der Waals surface area contributed by atoms with Gasteiger partial charge in [-0.2, -0.15) is 5.10 Å². The van der Waals surface area contributed by atoms with Gasteiger partial charge in [0.15, 0.2) is 5.65 Å². The van der Waals surface area contributed by atoms with Gasteiger partial charge in [0.25, 0.3) is 5.91 Å². The van der Waals surface area contributed by atoms with E-state index in [1.807, 2.05) is 48.1 Å². The second kappa shape index (κ2) is 8.31. The van der Waals surface area contributed by atoms with Gasteiger partial charge < -0.3 is 10.2 Å². The average Bonchev–Trinajstić information content (AvgIpc) is 3.11. The van der Waals surface area contributed by atoms with Crippen LogP contribution in [0.25, 0.3) is 22.3 Å². The predicted octanol–water partition coefficient (Wildman–Crippen LogP) is 3.36. The molecule has 0 atom stereocenters. The molecule has 0 fully saturated rings. The maximum Gasteiger partial charge on any atom is 0.252 e. The molecule has 27 heavy (non-hydrogen) atoms. The van der Waals surface area contributed by atoms with E-state index in [1.54, 1.807) is 6.20 Å². The molecule has 0 saturated heterocycles. The number of carbonyl (C=O) groups is 1. The Morgan fingerprint density at radius 2 is 2.00 bits per heavy atom. The van der Waals surface area contributed by atoms with Crippen molar-refractivity contribution in [3.8, 4) is 11.3 Å². The minimum absolute atomic E-state index is 0.0904. The molecule has 0 radical (unpaired) electrons. The van der Waals surface area contributed by atoms with Crippen molar-refractivity contribution in [3.63, 3.8) is 0 Å². The van der Waals surface area contributed by atoms with Crippen molar-refractivity contribution in [2.24, 2.45) is 0 Å². The van der Waals surface area contributed by atoms with E-state index >= 15 is 0 Å². The second-order valence-corrected chi connectivity index (χ2v) is 6.99. The molecule has 0 aliphatic heterocycles. The third-order valence-electron chi connectivity index (χ3n) is 4.69. The Bertz CT molecular complexity index is 917. The molecule has 142 valence electrons. The molecular weight excluding hydrogens is 338 g/mol. The van der Waals surface area contributed by atoms with Crippen LogP contribution < -0.4 is 5.32 Å². The number of carbonyl (C=O) groups excluding carboxylic acids is 1. The predicted molar refractivity (Wildman–Crippen MR) is 109 cm³/mol. The monoisotopic (exact) mass is 365 g/mol. The Balaban J connectivity index is 2.01. The zero-order chi connectivity index (χ0) is 19.4. The highest BCUT2D eigenvalue weighted by molar-refractivity contribution is 6.06.